The largest absolute Gasteiger partial charge is 0.456 e. The molecular formula is C42H34B8O. The van der Waals surface area contributed by atoms with E-state index in [-0.39, 0.29) is 0 Å². The van der Waals surface area contributed by atoms with Crippen molar-refractivity contribution >= 4 is 161 Å². The molecule has 0 bridgehead atoms. The highest BCUT2D eigenvalue weighted by molar-refractivity contribution is 6.71. The Morgan fingerprint density at radius 1 is 0.333 bits per heavy atom. The molecule has 9 aromatic rings. The van der Waals surface area contributed by atoms with Gasteiger partial charge in [0, 0.05) is 10.8 Å². The number of hydrogen-bond acceptors (Lipinski definition) is 1. The molecule has 1 aromatic heterocycles. The van der Waals surface area contributed by atoms with Crippen LogP contribution in [0.4, 0.5) is 0 Å². The molecule has 9 heteroatoms. The van der Waals surface area contributed by atoms with Gasteiger partial charge >= 0.3 is 0 Å². The first-order chi connectivity index (χ1) is 24.7. The summed E-state index contributed by atoms with van der Waals surface area (Å²) in [5.41, 5.74) is 20.4. The second kappa shape index (κ2) is 11.7. The van der Waals surface area contributed by atoms with E-state index in [1.54, 1.807) is 0 Å². The zero-order chi connectivity index (χ0) is 35.3. The summed E-state index contributed by atoms with van der Waals surface area (Å²) in [7, 11) is 18.5. The molecule has 1 nitrogen and oxygen atoms in total. The van der Waals surface area contributed by atoms with Crippen LogP contribution in [-0.2, 0) is 0 Å². The third-order valence-electron chi connectivity index (χ3n) is 12.3. The summed E-state index contributed by atoms with van der Waals surface area (Å²) < 4.78 is 6.51. The van der Waals surface area contributed by atoms with Gasteiger partial charge in [-0.25, -0.2) is 0 Å². The van der Waals surface area contributed by atoms with Crippen LogP contribution in [0.2, 0.25) is 0 Å². The first-order valence-corrected chi connectivity index (χ1v) is 18.1. The number of fused-ring (bicyclic) bond motifs is 6. The van der Waals surface area contributed by atoms with Crippen molar-refractivity contribution in [1.29, 1.82) is 0 Å². The number of hydrogen-bond donors (Lipinski definition) is 0. The minimum atomic E-state index is 0.918. The normalized spacial score (nSPS) is 11.8. The fraction of sp³-hybridized carbons (Fsp3) is 0. The Hall–Kier alpha value is -5.14. The highest BCUT2D eigenvalue weighted by Crippen LogP contribution is 2.43. The van der Waals surface area contributed by atoms with Gasteiger partial charge in [-0.15, -0.1) is 21.9 Å². The molecule has 0 amide bonds. The van der Waals surface area contributed by atoms with Crippen LogP contribution in [0.3, 0.4) is 0 Å². The van der Waals surface area contributed by atoms with E-state index in [4.69, 9.17) is 4.42 Å². The maximum absolute atomic E-state index is 6.51. The van der Waals surface area contributed by atoms with Gasteiger partial charge in [0.25, 0.3) is 0 Å². The van der Waals surface area contributed by atoms with Gasteiger partial charge in [0.1, 0.15) is 73.9 Å². The van der Waals surface area contributed by atoms with Gasteiger partial charge < -0.3 is 4.42 Å². The number of rotatable bonds is 3. The highest BCUT2D eigenvalue weighted by Gasteiger charge is 2.25. The molecule has 8 aromatic carbocycles. The molecule has 0 spiro atoms. The predicted octanol–water partition coefficient (Wildman–Crippen LogP) is -1.89. The molecule has 1 heterocycles. The lowest BCUT2D eigenvalue weighted by atomic mass is 9.59. The summed E-state index contributed by atoms with van der Waals surface area (Å²) in [4.78, 5) is 0. The van der Waals surface area contributed by atoms with Gasteiger partial charge in [0.05, 0.1) is 0 Å². The quantitative estimate of drug-likeness (QED) is 0.163. The van der Waals surface area contributed by atoms with E-state index < -0.39 is 0 Å². The minimum absolute atomic E-state index is 0.918. The smallest absolute Gasteiger partial charge is 0.139 e. The molecule has 0 aliphatic heterocycles. The molecular weight excluding hydrogens is 607 g/mol. The third kappa shape index (κ3) is 4.60. The summed E-state index contributed by atoms with van der Waals surface area (Å²) >= 11 is 0. The average Bonchev–Trinajstić information content (AvgIpc) is 3.53. The Morgan fingerprint density at radius 2 is 0.804 bits per heavy atom. The Kier molecular flexibility index (Phi) is 7.30. The molecule has 0 atom stereocenters. The monoisotopic (exact) mass is 642 g/mol. The summed E-state index contributed by atoms with van der Waals surface area (Å²) in [5, 5.41) is 10.2. The molecule has 0 aliphatic rings. The van der Waals surface area contributed by atoms with Crippen molar-refractivity contribution in [2.24, 2.45) is 0 Å². The van der Waals surface area contributed by atoms with E-state index in [0.29, 0.717) is 0 Å². The highest BCUT2D eigenvalue weighted by atomic mass is 16.3. The molecule has 0 radical (unpaired) electrons. The molecule has 9 rings (SSSR count). The molecule has 232 valence electrons. The second-order valence-electron chi connectivity index (χ2n) is 14.7. The molecule has 0 aliphatic carbocycles. The molecule has 0 saturated heterocycles. The number of benzene rings is 8. The van der Waals surface area contributed by atoms with Crippen LogP contribution in [0.25, 0.3) is 87.6 Å². The molecule has 0 N–H and O–H groups in total. The Bertz CT molecular complexity index is 2870. The van der Waals surface area contributed by atoms with Gasteiger partial charge in [-0.05, 0) is 90.0 Å². The van der Waals surface area contributed by atoms with Crippen LogP contribution in [0.5, 0.6) is 0 Å². The van der Waals surface area contributed by atoms with Gasteiger partial charge in [-0.2, -0.15) is 0 Å². The van der Waals surface area contributed by atoms with E-state index in [2.05, 4.69) is 172 Å². The van der Waals surface area contributed by atoms with Crippen LogP contribution in [0.15, 0.2) is 114 Å². The summed E-state index contributed by atoms with van der Waals surface area (Å²) in [5.74, 6) is 0. The van der Waals surface area contributed by atoms with Crippen molar-refractivity contribution in [3.05, 3.63) is 109 Å². The van der Waals surface area contributed by atoms with Crippen molar-refractivity contribution in [1.82, 2.24) is 0 Å². The zero-order valence-corrected chi connectivity index (χ0v) is 30.8. The van der Waals surface area contributed by atoms with Crippen molar-refractivity contribution in [3.8, 4) is 33.4 Å². The van der Waals surface area contributed by atoms with E-state index in [0.717, 1.165) is 16.6 Å². The zero-order valence-electron chi connectivity index (χ0n) is 30.8. The van der Waals surface area contributed by atoms with Crippen LogP contribution in [-0.4, -0.2) is 62.8 Å². The summed E-state index contributed by atoms with van der Waals surface area (Å²) in [6.07, 6.45) is 0. The van der Waals surface area contributed by atoms with Crippen molar-refractivity contribution < 1.29 is 4.42 Å². The third-order valence-corrected chi connectivity index (χ3v) is 12.3. The molecule has 0 fully saturated rings. The first kappa shape index (κ1) is 31.8. The topological polar surface area (TPSA) is 13.1 Å². The summed E-state index contributed by atoms with van der Waals surface area (Å²) in [6, 6.07) is 39.9. The summed E-state index contributed by atoms with van der Waals surface area (Å²) in [6.45, 7) is 0. The van der Waals surface area contributed by atoms with E-state index in [1.165, 1.54) is 115 Å². The lowest BCUT2D eigenvalue weighted by molar-refractivity contribution is 0.669. The van der Waals surface area contributed by atoms with Crippen LogP contribution in [0, 0.1) is 0 Å². The predicted molar refractivity (Wildman–Crippen MR) is 248 cm³/mol. The maximum Gasteiger partial charge on any atom is 0.139 e. The lowest BCUT2D eigenvalue weighted by Crippen LogP contribution is -2.50. The molecule has 0 unspecified atom stereocenters. The van der Waals surface area contributed by atoms with Crippen LogP contribution >= 0.6 is 0 Å². The van der Waals surface area contributed by atoms with Gasteiger partial charge in [-0.3, -0.25) is 0 Å². The van der Waals surface area contributed by atoms with E-state index in [1.807, 2.05) is 0 Å². The standard InChI is InChI=1S/C42H34B8O/c43-35-31-28(19-8-2-1-3-9-19)32-34(38(46)42(50)40(48)36(32)44)29(33(31)37(45)41(49)39(35)47)23-13-6-12-22(16-23)24-14-7-15-26-30(24)25-17-20-10-4-5-11-21(20)18-27(25)51-26/h1-18H,43-50H2. The number of furan rings is 1. The van der Waals surface area contributed by atoms with Crippen LogP contribution in [0.1, 0.15) is 0 Å². The molecule has 51 heavy (non-hydrogen) atoms. The average molecular weight is 641 g/mol. The Labute approximate surface area is 306 Å². The second-order valence-corrected chi connectivity index (χ2v) is 14.7. The first-order valence-electron chi connectivity index (χ1n) is 18.1. The van der Waals surface area contributed by atoms with Gasteiger partial charge in [0.15, 0.2) is 0 Å². The Morgan fingerprint density at radius 3 is 1.39 bits per heavy atom. The SMILES string of the molecule is Bc1c(B)c(B)c2c(-c3cccc(-c4cccc5oc6cc7ccccc7cc6c45)c3)c3c(B)c(B)c(B)c(B)c3c(-c3ccccc3)c2c1B. The van der Waals surface area contributed by atoms with E-state index >= 15 is 0 Å². The van der Waals surface area contributed by atoms with Gasteiger partial charge in [0.2, 0.25) is 0 Å². The maximum atomic E-state index is 6.51. The molecule has 0 saturated carbocycles. The van der Waals surface area contributed by atoms with Crippen molar-refractivity contribution in [2.45, 2.75) is 0 Å². The fourth-order valence-corrected chi connectivity index (χ4v) is 8.90. The van der Waals surface area contributed by atoms with Crippen molar-refractivity contribution in [2.75, 3.05) is 0 Å². The van der Waals surface area contributed by atoms with E-state index in [9.17, 15) is 0 Å². The lowest BCUT2D eigenvalue weighted by Gasteiger charge is -2.28. The van der Waals surface area contributed by atoms with Crippen molar-refractivity contribution in [3.63, 3.8) is 0 Å². The Balaban J connectivity index is 1.44. The van der Waals surface area contributed by atoms with Crippen LogP contribution < -0.4 is 43.7 Å². The van der Waals surface area contributed by atoms with Gasteiger partial charge in [-0.1, -0.05) is 107 Å². The fourth-order valence-electron chi connectivity index (χ4n) is 8.90. The minimum Gasteiger partial charge on any atom is -0.456 e.